The minimum absolute atomic E-state index is 0.0818. The Labute approximate surface area is 324 Å². The van der Waals surface area contributed by atoms with Crippen molar-refractivity contribution >= 4 is 5.97 Å². The van der Waals surface area contributed by atoms with Crippen molar-refractivity contribution in [2.45, 2.75) is 179 Å². The van der Waals surface area contributed by atoms with Crippen LogP contribution >= 0.6 is 0 Å². The number of hydrogen-bond acceptors (Lipinski definition) is 13. The second kappa shape index (κ2) is 17.7. The van der Waals surface area contributed by atoms with Crippen molar-refractivity contribution in [3.8, 4) is 0 Å². The largest absolute Gasteiger partial charge is 0.459 e. The van der Waals surface area contributed by atoms with Crippen molar-refractivity contribution in [3.05, 3.63) is 12.2 Å². The van der Waals surface area contributed by atoms with Crippen molar-refractivity contribution in [2.24, 2.45) is 23.7 Å². The van der Waals surface area contributed by atoms with E-state index in [9.17, 15) is 25.2 Å². The number of fused-ring (bicyclic) bond motifs is 2. The monoisotopic (exact) mass is 771 g/mol. The molecule has 4 fully saturated rings. The summed E-state index contributed by atoms with van der Waals surface area (Å²) in [7, 11) is 5.38. The van der Waals surface area contributed by atoms with Gasteiger partial charge in [-0.25, -0.2) is 0 Å². The Morgan fingerprint density at radius 1 is 1.02 bits per heavy atom. The van der Waals surface area contributed by atoms with Crippen LogP contribution in [0, 0.1) is 23.7 Å². The number of methoxy groups -OCH3 is 1. The number of aliphatic hydroxyl groups is 4. The second-order valence-electron chi connectivity index (χ2n) is 18.3. The van der Waals surface area contributed by atoms with Crippen LogP contribution in [0.4, 0.5) is 0 Å². The smallest absolute Gasteiger partial charge is 0.309 e. The summed E-state index contributed by atoms with van der Waals surface area (Å²) in [5, 5.41) is 47.9. The van der Waals surface area contributed by atoms with Gasteiger partial charge in [0.05, 0.1) is 48.1 Å². The summed E-state index contributed by atoms with van der Waals surface area (Å²) in [6.45, 7) is 24.3. The van der Waals surface area contributed by atoms with E-state index in [0.717, 1.165) is 5.57 Å². The first-order valence-corrected chi connectivity index (χ1v) is 20.2. The van der Waals surface area contributed by atoms with Crippen molar-refractivity contribution in [1.82, 2.24) is 9.80 Å². The third-order valence-corrected chi connectivity index (χ3v) is 13.2. The Balaban J connectivity index is 1.89. The lowest BCUT2D eigenvalue weighted by Gasteiger charge is -2.51. The van der Waals surface area contributed by atoms with E-state index < -0.39 is 89.5 Å². The van der Waals surface area contributed by atoms with Crippen LogP contribution in [0.25, 0.3) is 0 Å². The predicted molar refractivity (Wildman–Crippen MR) is 205 cm³/mol. The molecule has 4 rings (SSSR count). The van der Waals surface area contributed by atoms with Gasteiger partial charge in [-0.15, -0.1) is 0 Å². The predicted octanol–water partition coefficient (Wildman–Crippen LogP) is 3.14. The maximum absolute atomic E-state index is 14.6. The second-order valence-corrected chi connectivity index (χ2v) is 18.3. The molecule has 2 bridgehead atoms. The van der Waals surface area contributed by atoms with Crippen LogP contribution in [0.3, 0.4) is 0 Å². The highest BCUT2D eigenvalue weighted by Crippen LogP contribution is 2.45. The minimum atomic E-state index is -1.56. The molecule has 314 valence electrons. The Hall–Kier alpha value is -1.23. The lowest BCUT2D eigenvalue weighted by Crippen LogP contribution is -2.61. The lowest BCUT2D eigenvalue weighted by atomic mass is 9.68. The molecule has 4 N–H and O–H groups in total. The first kappa shape index (κ1) is 45.5. The summed E-state index contributed by atoms with van der Waals surface area (Å²) in [5.41, 5.74) is -3.19. The van der Waals surface area contributed by atoms with Crippen LogP contribution in [-0.4, -0.2) is 161 Å². The maximum Gasteiger partial charge on any atom is 0.309 e. The summed E-state index contributed by atoms with van der Waals surface area (Å²) in [6.07, 6.45) is -5.61. The molecule has 4 saturated heterocycles. The van der Waals surface area contributed by atoms with Gasteiger partial charge in [-0.3, -0.25) is 9.69 Å². The van der Waals surface area contributed by atoms with Gasteiger partial charge in [0, 0.05) is 44.6 Å². The van der Waals surface area contributed by atoms with Crippen LogP contribution in [0.2, 0.25) is 0 Å². The molecule has 13 heteroatoms. The highest BCUT2D eigenvalue weighted by atomic mass is 16.7. The van der Waals surface area contributed by atoms with E-state index in [0.29, 0.717) is 32.4 Å². The van der Waals surface area contributed by atoms with Crippen molar-refractivity contribution in [3.63, 3.8) is 0 Å². The Morgan fingerprint density at radius 3 is 2.26 bits per heavy atom. The molecule has 0 aromatic carbocycles. The van der Waals surface area contributed by atoms with E-state index in [1.165, 1.54) is 0 Å². The Bertz CT molecular complexity index is 1270. The van der Waals surface area contributed by atoms with Gasteiger partial charge in [-0.2, -0.15) is 0 Å². The molecule has 13 nitrogen and oxygen atoms in total. The van der Waals surface area contributed by atoms with E-state index >= 15 is 0 Å². The first-order valence-electron chi connectivity index (χ1n) is 20.2. The molecule has 19 atom stereocenters. The van der Waals surface area contributed by atoms with E-state index in [2.05, 4.69) is 18.4 Å². The van der Waals surface area contributed by atoms with Gasteiger partial charge in [0.25, 0.3) is 0 Å². The molecule has 0 spiro atoms. The van der Waals surface area contributed by atoms with Gasteiger partial charge < -0.3 is 53.7 Å². The van der Waals surface area contributed by atoms with Gasteiger partial charge in [0.1, 0.15) is 30.0 Å². The van der Waals surface area contributed by atoms with Crippen molar-refractivity contribution in [1.29, 1.82) is 0 Å². The molecule has 4 unspecified atom stereocenters. The van der Waals surface area contributed by atoms with Crippen LogP contribution in [0.5, 0.6) is 0 Å². The summed E-state index contributed by atoms with van der Waals surface area (Å²) in [5.74, 6) is -2.70. The van der Waals surface area contributed by atoms with Gasteiger partial charge in [0.2, 0.25) is 0 Å². The quantitative estimate of drug-likeness (QED) is 0.231. The zero-order valence-corrected chi connectivity index (χ0v) is 35.4. The van der Waals surface area contributed by atoms with Gasteiger partial charge in [-0.1, -0.05) is 34.3 Å². The summed E-state index contributed by atoms with van der Waals surface area (Å²) < 4.78 is 38.3. The third-order valence-electron chi connectivity index (χ3n) is 13.2. The van der Waals surface area contributed by atoms with E-state index in [-0.39, 0.29) is 37.1 Å². The number of aliphatic hydroxyl groups excluding tert-OH is 2. The highest BCUT2D eigenvalue weighted by molar-refractivity contribution is 5.73. The average molecular weight is 771 g/mol. The number of likely N-dealkylation sites (N-methyl/N-ethyl adjacent to an activating group) is 1. The number of carbonyl (C=O) groups is 1. The molecule has 0 aliphatic carbocycles. The van der Waals surface area contributed by atoms with Crippen molar-refractivity contribution in [2.75, 3.05) is 40.9 Å². The zero-order chi connectivity index (χ0) is 40.7. The number of cyclic esters (lactones) is 1. The number of ether oxygens (including phenoxy) is 6. The highest BCUT2D eigenvalue weighted by Gasteiger charge is 2.55. The van der Waals surface area contributed by atoms with E-state index in [4.69, 9.17) is 28.4 Å². The van der Waals surface area contributed by atoms with Crippen LogP contribution in [-0.2, 0) is 33.2 Å². The molecule has 0 radical (unpaired) electrons. The van der Waals surface area contributed by atoms with E-state index in [1.807, 2.05) is 53.6 Å². The van der Waals surface area contributed by atoms with Gasteiger partial charge >= 0.3 is 5.97 Å². The standard InChI is InChI=1S/C41H74N2O11/c1-15-31-41(11,48)36-27(7)43(20-23(3)21-50-36)19-22(2)17-39(9,47)35(54-38-33(44)29(42(12)13)16-24(4)51-38)25(5)32(26(6)37(46)53-31)30-18-40(10,49-14)34(45)28(8)52-30/h22,24-36,38,44-45,47-48H,3,15-21H2,1-2,4-14H3/t22-,24?,25+,26-,27?,28+,29+,30?,31-,32+,33-,34+,35-,36-,38+,39-,40-,41-/m1/s1. The molecule has 0 amide bonds. The molecular weight excluding hydrogens is 696 g/mol. The lowest BCUT2D eigenvalue weighted by molar-refractivity contribution is -0.302. The molecule has 0 aromatic heterocycles. The summed E-state index contributed by atoms with van der Waals surface area (Å²) in [6, 6.07) is -0.533. The fourth-order valence-corrected chi connectivity index (χ4v) is 10.2. The average Bonchev–Trinajstić information content (AvgIpc) is 3.21. The van der Waals surface area contributed by atoms with E-state index in [1.54, 1.807) is 34.8 Å². The topological polar surface area (TPSA) is 160 Å². The molecule has 0 aromatic rings. The minimum Gasteiger partial charge on any atom is -0.459 e. The number of hydrogen-bond donors (Lipinski definition) is 4. The SMILES string of the molecule is C=C1CO[C@@H]2C(C)N(C1)C[C@H](C)C[C@@](C)(O)[C@H](O[C@@H]1OC(C)C[C@H](N(C)C)[C@H]1O)[C@@H](C)[C@H](C1C[C@@](C)(OC)[C@@H](O)[C@H](C)O1)[C@@H](C)C(=O)O[C@H](CC)[C@@]2(C)O. The molecular formula is C41H74N2O11. The maximum atomic E-state index is 14.6. The Kier molecular flexibility index (Phi) is 14.9. The first-order chi connectivity index (χ1) is 25.0. The number of esters is 1. The van der Waals surface area contributed by atoms with Crippen LogP contribution in [0.1, 0.15) is 94.9 Å². The van der Waals surface area contributed by atoms with Crippen LogP contribution < -0.4 is 0 Å². The molecule has 4 aliphatic rings. The normalized spacial score (nSPS) is 50.5. The number of nitrogens with zero attached hydrogens (tertiary/aromatic N) is 2. The molecule has 4 aliphatic heterocycles. The molecule has 4 heterocycles. The fourth-order valence-electron chi connectivity index (χ4n) is 10.2. The van der Waals surface area contributed by atoms with Gasteiger partial charge in [0.15, 0.2) is 6.29 Å². The van der Waals surface area contributed by atoms with Crippen molar-refractivity contribution < 1.29 is 53.6 Å². The number of carbonyl (C=O) groups excluding carboxylic acids is 1. The number of rotatable bonds is 6. The summed E-state index contributed by atoms with van der Waals surface area (Å²) >= 11 is 0. The fraction of sp³-hybridized carbons (Fsp3) is 0.927. The third kappa shape index (κ3) is 9.55. The molecule has 0 saturated carbocycles. The zero-order valence-electron chi connectivity index (χ0n) is 35.4. The Morgan fingerprint density at radius 2 is 1.67 bits per heavy atom. The van der Waals surface area contributed by atoms with Crippen LogP contribution in [0.15, 0.2) is 12.2 Å². The van der Waals surface area contributed by atoms with Gasteiger partial charge in [-0.05, 0) is 92.3 Å². The summed E-state index contributed by atoms with van der Waals surface area (Å²) in [4.78, 5) is 18.8. The molecule has 54 heavy (non-hydrogen) atoms.